The quantitative estimate of drug-likeness (QED) is 0.592. The highest BCUT2D eigenvalue weighted by molar-refractivity contribution is 5.74. The van der Waals surface area contributed by atoms with Gasteiger partial charge in [-0.1, -0.05) is 6.92 Å². The van der Waals surface area contributed by atoms with Crippen molar-refractivity contribution in [1.82, 2.24) is 4.90 Å². The van der Waals surface area contributed by atoms with Gasteiger partial charge >= 0.3 is 0 Å². The van der Waals surface area contributed by atoms with Gasteiger partial charge in [0.1, 0.15) is 0 Å². The number of hydrogen-bond donors (Lipinski definition) is 1. The summed E-state index contributed by atoms with van der Waals surface area (Å²) in [7, 11) is 0. The topological polar surface area (TPSA) is 40.5 Å². The third kappa shape index (κ3) is 1.53. The molecule has 11 heavy (non-hydrogen) atoms. The number of aliphatic hydroxyl groups excluding tert-OH is 1. The molecule has 0 bridgehead atoms. The summed E-state index contributed by atoms with van der Waals surface area (Å²) in [6.45, 7) is 4.53. The van der Waals surface area contributed by atoms with E-state index in [1.54, 1.807) is 11.8 Å². The van der Waals surface area contributed by atoms with Crippen molar-refractivity contribution in [3.05, 3.63) is 0 Å². The molecule has 2 atom stereocenters. The zero-order valence-corrected chi connectivity index (χ0v) is 7.08. The highest BCUT2D eigenvalue weighted by Gasteiger charge is 2.31. The molecular formula is C8H15NO2. The minimum Gasteiger partial charge on any atom is -0.394 e. The van der Waals surface area contributed by atoms with E-state index in [1.165, 1.54) is 0 Å². The molecule has 1 N–H and O–H groups in total. The zero-order chi connectivity index (χ0) is 8.43. The Bertz CT molecular complexity index is 158. The Morgan fingerprint density at radius 3 is 2.73 bits per heavy atom. The van der Waals surface area contributed by atoms with Crippen molar-refractivity contribution in [1.29, 1.82) is 0 Å². The molecule has 0 aliphatic carbocycles. The summed E-state index contributed by atoms with van der Waals surface area (Å²) in [5.74, 6) is 0.525. The lowest BCUT2D eigenvalue weighted by atomic mass is 10.0. The molecule has 0 aromatic heterocycles. The molecule has 3 heteroatoms. The zero-order valence-electron chi connectivity index (χ0n) is 7.08. The molecule has 1 fully saturated rings. The Hall–Kier alpha value is -0.570. The van der Waals surface area contributed by atoms with Crippen molar-refractivity contribution in [2.24, 2.45) is 5.92 Å². The average molecular weight is 157 g/mol. The fourth-order valence-corrected chi connectivity index (χ4v) is 1.68. The second-order valence-electron chi connectivity index (χ2n) is 3.23. The monoisotopic (exact) mass is 157 g/mol. The van der Waals surface area contributed by atoms with E-state index < -0.39 is 0 Å². The van der Waals surface area contributed by atoms with Crippen LogP contribution in [0.5, 0.6) is 0 Å². The molecule has 0 saturated carbocycles. The number of carbonyl (C=O) groups excluding carboxylic acids is 1. The van der Waals surface area contributed by atoms with Crippen molar-refractivity contribution in [3.63, 3.8) is 0 Å². The van der Waals surface area contributed by atoms with Crippen molar-refractivity contribution >= 4 is 5.91 Å². The molecule has 3 nitrogen and oxygen atoms in total. The van der Waals surface area contributed by atoms with Crippen LogP contribution in [-0.4, -0.2) is 35.1 Å². The smallest absolute Gasteiger partial charge is 0.219 e. The molecular weight excluding hydrogens is 142 g/mol. The molecule has 2 unspecified atom stereocenters. The number of amides is 1. The minimum absolute atomic E-state index is 0.0625. The van der Waals surface area contributed by atoms with E-state index >= 15 is 0 Å². The SMILES string of the molecule is CC(=O)N1CCC(C)C1CO. The standard InChI is InChI=1S/C8H15NO2/c1-6-3-4-9(7(2)11)8(6)5-10/h6,8,10H,3-5H2,1-2H3. The predicted octanol–water partition coefficient (Wildman–Crippen LogP) is 0.236. The van der Waals surface area contributed by atoms with E-state index in [-0.39, 0.29) is 18.6 Å². The molecule has 1 rings (SSSR count). The van der Waals surface area contributed by atoms with Crippen LogP contribution < -0.4 is 0 Å². The first-order chi connectivity index (χ1) is 5.16. The maximum Gasteiger partial charge on any atom is 0.219 e. The Morgan fingerprint density at radius 2 is 2.36 bits per heavy atom. The van der Waals surface area contributed by atoms with E-state index in [1.807, 2.05) is 0 Å². The van der Waals surface area contributed by atoms with Gasteiger partial charge in [0.25, 0.3) is 0 Å². The number of aliphatic hydroxyl groups is 1. The Balaban J connectivity index is 2.61. The van der Waals surface area contributed by atoms with E-state index in [4.69, 9.17) is 5.11 Å². The highest BCUT2D eigenvalue weighted by Crippen LogP contribution is 2.22. The van der Waals surface area contributed by atoms with Crippen LogP contribution in [-0.2, 0) is 4.79 Å². The number of hydrogen-bond acceptors (Lipinski definition) is 2. The predicted molar refractivity (Wildman–Crippen MR) is 42.0 cm³/mol. The van der Waals surface area contributed by atoms with Gasteiger partial charge in [-0.2, -0.15) is 0 Å². The lowest BCUT2D eigenvalue weighted by Gasteiger charge is -2.23. The first-order valence-corrected chi connectivity index (χ1v) is 4.05. The van der Waals surface area contributed by atoms with Gasteiger partial charge < -0.3 is 10.0 Å². The summed E-state index contributed by atoms with van der Waals surface area (Å²) >= 11 is 0. The fourth-order valence-electron chi connectivity index (χ4n) is 1.68. The van der Waals surface area contributed by atoms with Gasteiger partial charge in [-0.05, 0) is 12.3 Å². The van der Waals surface area contributed by atoms with Gasteiger partial charge in [0.05, 0.1) is 12.6 Å². The summed E-state index contributed by atoms with van der Waals surface area (Å²) in [5.41, 5.74) is 0. The molecule has 0 aromatic carbocycles. The van der Waals surface area contributed by atoms with Crippen molar-refractivity contribution < 1.29 is 9.90 Å². The van der Waals surface area contributed by atoms with Crippen LogP contribution in [0.15, 0.2) is 0 Å². The van der Waals surface area contributed by atoms with Crippen LogP contribution in [0.2, 0.25) is 0 Å². The van der Waals surface area contributed by atoms with Crippen molar-refractivity contribution in [3.8, 4) is 0 Å². The lowest BCUT2D eigenvalue weighted by molar-refractivity contribution is -0.130. The third-order valence-corrected chi connectivity index (χ3v) is 2.47. The summed E-state index contributed by atoms with van der Waals surface area (Å²) in [6, 6.07) is 0.0625. The normalized spacial score (nSPS) is 31.0. The largest absolute Gasteiger partial charge is 0.394 e. The second-order valence-corrected chi connectivity index (χ2v) is 3.23. The molecule has 64 valence electrons. The maximum atomic E-state index is 11.0. The first-order valence-electron chi connectivity index (χ1n) is 4.05. The van der Waals surface area contributed by atoms with E-state index in [0.717, 1.165) is 13.0 Å². The summed E-state index contributed by atoms with van der Waals surface area (Å²) in [4.78, 5) is 12.7. The summed E-state index contributed by atoms with van der Waals surface area (Å²) < 4.78 is 0. The maximum absolute atomic E-state index is 11.0. The second kappa shape index (κ2) is 3.22. The van der Waals surface area contributed by atoms with Crippen LogP contribution in [0.25, 0.3) is 0 Å². The molecule has 0 radical (unpaired) electrons. The van der Waals surface area contributed by atoms with Crippen LogP contribution in [0.3, 0.4) is 0 Å². The van der Waals surface area contributed by atoms with Crippen LogP contribution in [0.1, 0.15) is 20.3 Å². The summed E-state index contributed by atoms with van der Waals surface area (Å²) in [5, 5.41) is 8.96. The Labute approximate surface area is 67.0 Å². The molecule has 1 amide bonds. The minimum atomic E-state index is 0.0625. The van der Waals surface area contributed by atoms with Crippen molar-refractivity contribution in [2.75, 3.05) is 13.2 Å². The first kappa shape index (κ1) is 8.53. The molecule has 1 aliphatic heterocycles. The molecule has 0 aromatic rings. The molecule has 1 saturated heterocycles. The van der Waals surface area contributed by atoms with Crippen LogP contribution in [0, 0.1) is 5.92 Å². The molecule has 0 spiro atoms. The number of carbonyl (C=O) groups is 1. The highest BCUT2D eigenvalue weighted by atomic mass is 16.3. The third-order valence-electron chi connectivity index (χ3n) is 2.47. The average Bonchev–Trinajstić information content (AvgIpc) is 2.30. The van der Waals surface area contributed by atoms with Gasteiger partial charge in [0.15, 0.2) is 0 Å². The fraction of sp³-hybridized carbons (Fsp3) is 0.875. The van der Waals surface area contributed by atoms with Gasteiger partial charge in [-0.25, -0.2) is 0 Å². The summed E-state index contributed by atoms with van der Waals surface area (Å²) in [6.07, 6.45) is 1.02. The van der Waals surface area contributed by atoms with Gasteiger partial charge in [0, 0.05) is 13.5 Å². The van der Waals surface area contributed by atoms with Crippen molar-refractivity contribution in [2.45, 2.75) is 26.3 Å². The number of nitrogens with zero attached hydrogens (tertiary/aromatic N) is 1. The van der Waals surface area contributed by atoms with E-state index in [2.05, 4.69) is 6.92 Å². The lowest BCUT2D eigenvalue weighted by Crippen LogP contribution is -2.38. The van der Waals surface area contributed by atoms with Gasteiger partial charge in [0.2, 0.25) is 5.91 Å². The Morgan fingerprint density at radius 1 is 1.73 bits per heavy atom. The van der Waals surface area contributed by atoms with Gasteiger partial charge in [-0.15, -0.1) is 0 Å². The van der Waals surface area contributed by atoms with Crippen LogP contribution >= 0.6 is 0 Å². The Kier molecular flexibility index (Phi) is 2.49. The van der Waals surface area contributed by atoms with Crippen LogP contribution in [0.4, 0.5) is 0 Å². The number of likely N-dealkylation sites (tertiary alicyclic amines) is 1. The number of rotatable bonds is 1. The van der Waals surface area contributed by atoms with Gasteiger partial charge in [-0.3, -0.25) is 4.79 Å². The molecule has 1 heterocycles. The molecule has 1 aliphatic rings. The van der Waals surface area contributed by atoms with E-state index in [0.29, 0.717) is 5.92 Å². The van der Waals surface area contributed by atoms with E-state index in [9.17, 15) is 4.79 Å².